The molecule has 3 rings (SSSR count). The zero-order valence-corrected chi connectivity index (χ0v) is 16.2. The van der Waals surface area contributed by atoms with Crippen LogP contribution in [-0.4, -0.2) is 32.0 Å². The topological polar surface area (TPSA) is 70.7 Å². The third-order valence-electron chi connectivity index (χ3n) is 4.86. The summed E-state index contributed by atoms with van der Waals surface area (Å²) in [6.07, 6.45) is 3.53. The molecule has 148 valence electrons. The lowest BCUT2D eigenvalue weighted by Gasteiger charge is -2.28. The Morgan fingerprint density at radius 1 is 0.964 bits per heavy atom. The highest BCUT2D eigenvalue weighted by Gasteiger charge is 2.13. The van der Waals surface area contributed by atoms with Gasteiger partial charge in [-0.25, -0.2) is 0 Å². The van der Waals surface area contributed by atoms with Crippen molar-refractivity contribution in [3.05, 3.63) is 54.1 Å². The molecule has 1 saturated heterocycles. The van der Waals surface area contributed by atoms with E-state index in [0.717, 1.165) is 18.7 Å². The quantitative estimate of drug-likeness (QED) is 0.722. The van der Waals surface area contributed by atoms with E-state index in [-0.39, 0.29) is 18.2 Å². The summed E-state index contributed by atoms with van der Waals surface area (Å²) in [5.41, 5.74) is 2.74. The van der Waals surface area contributed by atoms with Gasteiger partial charge in [-0.1, -0.05) is 18.2 Å². The molecule has 28 heavy (non-hydrogen) atoms. The number of rotatable bonds is 7. The molecular formula is C22H27N3O3. The molecule has 0 atom stereocenters. The predicted octanol–water partition coefficient (Wildman–Crippen LogP) is 3.33. The van der Waals surface area contributed by atoms with Gasteiger partial charge in [0.1, 0.15) is 12.2 Å². The van der Waals surface area contributed by atoms with Crippen molar-refractivity contribution in [2.75, 3.05) is 30.4 Å². The number of hydrogen-bond acceptors (Lipinski definition) is 4. The van der Waals surface area contributed by atoms with Gasteiger partial charge in [-0.05, 0) is 49.6 Å². The summed E-state index contributed by atoms with van der Waals surface area (Å²) in [4.78, 5) is 26.6. The first kappa shape index (κ1) is 19.7. The van der Waals surface area contributed by atoms with Crippen LogP contribution in [-0.2, 0) is 16.1 Å². The van der Waals surface area contributed by atoms with Crippen LogP contribution in [0.15, 0.2) is 48.5 Å². The minimum absolute atomic E-state index is 0.219. The SMILES string of the molecule is COc1ccccc1CNC(=O)CC(=O)Nc1ccc(N2CCCCC2)cc1. The van der Waals surface area contributed by atoms with E-state index in [1.54, 1.807) is 7.11 Å². The highest BCUT2D eigenvalue weighted by molar-refractivity contribution is 6.03. The molecule has 0 saturated carbocycles. The zero-order valence-electron chi connectivity index (χ0n) is 16.2. The first-order valence-electron chi connectivity index (χ1n) is 9.69. The third-order valence-corrected chi connectivity index (χ3v) is 4.86. The van der Waals surface area contributed by atoms with Crippen molar-refractivity contribution in [2.45, 2.75) is 32.2 Å². The summed E-state index contributed by atoms with van der Waals surface area (Å²) >= 11 is 0. The van der Waals surface area contributed by atoms with E-state index in [1.165, 1.54) is 24.9 Å². The smallest absolute Gasteiger partial charge is 0.233 e. The van der Waals surface area contributed by atoms with E-state index in [2.05, 4.69) is 15.5 Å². The molecule has 6 heteroatoms. The number of methoxy groups -OCH3 is 1. The van der Waals surface area contributed by atoms with Crippen LogP contribution in [0.25, 0.3) is 0 Å². The van der Waals surface area contributed by atoms with Gasteiger partial charge in [-0.15, -0.1) is 0 Å². The van der Waals surface area contributed by atoms with Crippen LogP contribution in [0.1, 0.15) is 31.2 Å². The average molecular weight is 381 g/mol. The van der Waals surface area contributed by atoms with Crippen LogP contribution in [0.3, 0.4) is 0 Å². The number of amides is 2. The monoisotopic (exact) mass is 381 g/mol. The maximum Gasteiger partial charge on any atom is 0.233 e. The summed E-state index contributed by atoms with van der Waals surface area (Å²) in [5.74, 6) is 0.0534. The highest BCUT2D eigenvalue weighted by atomic mass is 16.5. The predicted molar refractivity (Wildman–Crippen MR) is 111 cm³/mol. The molecule has 0 aliphatic carbocycles. The van der Waals surface area contributed by atoms with Crippen LogP contribution in [0.4, 0.5) is 11.4 Å². The molecule has 2 aromatic carbocycles. The molecule has 0 spiro atoms. The Hall–Kier alpha value is -3.02. The fraction of sp³-hybridized carbons (Fsp3) is 0.364. The minimum atomic E-state index is -0.330. The lowest BCUT2D eigenvalue weighted by molar-refractivity contribution is -0.126. The molecule has 1 aliphatic heterocycles. The molecule has 0 aromatic heterocycles. The Morgan fingerprint density at radius 2 is 1.68 bits per heavy atom. The van der Waals surface area contributed by atoms with Crippen LogP contribution in [0, 0.1) is 0 Å². The molecule has 2 aromatic rings. The van der Waals surface area contributed by atoms with Crippen molar-refractivity contribution in [3.8, 4) is 5.75 Å². The Morgan fingerprint density at radius 3 is 2.39 bits per heavy atom. The summed E-state index contributed by atoms with van der Waals surface area (Å²) < 4.78 is 5.26. The number of nitrogens with zero attached hydrogens (tertiary/aromatic N) is 1. The van der Waals surface area contributed by atoms with Crippen molar-refractivity contribution in [1.82, 2.24) is 5.32 Å². The van der Waals surface area contributed by atoms with Gasteiger partial charge >= 0.3 is 0 Å². The second-order valence-electron chi connectivity index (χ2n) is 6.91. The third kappa shape index (κ3) is 5.49. The second kappa shape index (κ2) is 9.78. The Labute approximate surface area is 165 Å². The number of carbonyl (C=O) groups excluding carboxylic acids is 2. The number of anilines is 2. The number of carbonyl (C=O) groups is 2. The first-order valence-corrected chi connectivity index (χ1v) is 9.69. The number of hydrogen-bond donors (Lipinski definition) is 2. The summed E-state index contributed by atoms with van der Waals surface area (Å²) in [5, 5.41) is 5.54. The molecule has 2 N–H and O–H groups in total. The molecule has 2 amide bonds. The van der Waals surface area contributed by atoms with Crippen LogP contribution in [0.2, 0.25) is 0 Å². The standard InChI is InChI=1S/C22H27N3O3/c1-28-20-8-4-3-7-17(20)16-23-21(26)15-22(27)24-18-9-11-19(12-10-18)25-13-5-2-6-14-25/h3-4,7-12H,2,5-6,13-16H2,1H3,(H,23,26)(H,24,27). The molecule has 0 radical (unpaired) electrons. The first-order chi connectivity index (χ1) is 13.7. The molecule has 0 bridgehead atoms. The lowest BCUT2D eigenvalue weighted by atomic mass is 10.1. The van der Waals surface area contributed by atoms with Gasteiger partial charge in [0.25, 0.3) is 0 Å². The van der Waals surface area contributed by atoms with Crippen molar-refractivity contribution < 1.29 is 14.3 Å². The van der Waals surface area contributed by atoms with E-state index < -0.39 is 0 Å². The Balaban J connectivity index is 1.46. The molecule has 0 unspecified atom stereocenters. The molecule has 1 fully saturated rings. The van der Waals surface area contributed by atoms with E-state index in [1.807, 2.05) is 48.5 Å². The van der Waals surface area contributed by atoms with Crippen molar-refractivity contribution >= 4 is 23.2 Å². The van der Waals surface area contributed by atoms with Gasteiger partial charge in [-0.2, -0.15) is 0 Å². The number of para-hydroxylation sites is 1. The fourth-order valence-electron chi connectivity index (χ4n) is 3.36. The maximum absolute atomic E-state index is 12.1. The lowest BCUT2D eigenvalue weighted by Crippen LogP contribution is -2.29. The van der Waals surface area contributed by atoms with Crippen molar-refractivity contribution in [2.24, 2.45) is 0 Å². The van der Waals surface area contributed by atoms with Gasteiger partial charge < -0.3 is 20.3 Å². The van der Waals surface area contributed by atoms with E-state index in [9.17, 15) is 9.59 Å². The van der Waals surface area contributed by atoms with Crippen LogP contribution < -0.4 is 20.3 Å². The number of ether oxygens (including phenoxy) is 1. The van der Waals surface area contributed by atoms with E-state index in [0.29, 0.717) is 18.0 Å². The molecule has 1 aliphatic rings. The minimum Gasteiger partial charge on any atom is -0.496 e. The highest BCUT2D eigenvalue weighted by Crippen LogP contribution is 2.22. The van der Waals surface area contributed by atoms with Crippen LogP contribution >= 0.6 is 0 Å². The summed E-state index contributed by atoms with van der Waals surface area (Å²) in [6.45, 7) is 2.48. The van der Waals surface area contributed by atoms with Gasteiger partial charge in [0.05, 0.1) is 7.11 Å². The fourth-order valence-corrected chi connectivity index (χ4v) is 3.36. The van der Waals surface area contributed by atoms with Crippen LogP contribution in [0.5, 0.6) is 5.75 Å². The van der Waals surface area contributed by atoms with Gasteiger partial charge in [0.2, 0.25) is 11.8 Å². The van der Waals surface area contributed by atoms with E-state index >= 15 is 0 Å². The van der Waals surface area contributed by atoms with Crippen molar-refractivity contribution in [1.29, 1.82) is 0 Å². The molecular weight excluding hydrogens is 354 g/mol. The van der Waals surface area contributed by atoms with Crippen molar-refractivity contribution in [3.63, 3.8) is 0 Å². The summed E-state index contributed by atoms with van der Waals surface area (Å²) in [6, 6.07) is 15.3. The summed E-state index contributed by atoms with van der Waals surface area (Å²) in [7, 11) is 1.59. The van der Waals surface area contributed by atoms with Gasteiger partial charge in [-0.3, -0.25) is 9.59 Å². The second-order valence-corrected chi connectivity index (χ2v) is 6.91. The normalized spacial score (nSPS) is 13.7. The molecule has 6 nitrogen and oxygen atoms in total. The molecule has 1 heterocycles. The zero-order chi connectivity index (χ0) is 19.8. The largest absolute Gasteiger partial charge is 0.496 e. The number of nitrogens with one attached hydrogen (secondary N) is 2. The number of benzene rings is 2. The maximum atomic E-state index is 12.1. The average Bonchev–Trinajstić information content (AvgIpc) is 2.73. The Kier molecular flexibility index (Phi) is 6.89. The number of piperidine rings is 1. The Bertz CT molecular complexity index is 799. The van der Waals surface area contributed by atoms with E-state index in [4.69, 9.17) is 4.74 Å². The van der Waals surface area contributed by atoms with Gasteiger partial charge in [0, 0.05) is 36.6 Å². The van der Waals surface area contributed by atoms with Gasteiger partial charge in [0.15, 0.2) is 0 Å².